The van der Waals surface area contributed by atoms with Crippen LogP contribution in [-0.4, -0.2) is 40.9 Å². The second-order valence-electron chi connectivity index (χ2n) is 22.7. The van der Waals surface area contributed by atoms with Crippen LogP contribution < -0.4 is 0 Å². The molecular formula is C72H89NO8. The fourth-order valence-electron chi connectivity index (χ4n) is 10.5. The number of nitrogens with zero attached hydrogens (tertiary/aromatic N) is 1. The summed E-state index contributed by atoms with van der Waals surface area (Å²) >= 11 is 0. The Kier molecular flexibility index (Phi) is 23.4. The summed E-state index contributed by atoms with van der Waals surface area (Å²) in [5.74, 6) is 5.41. The number of aromatic hydroxyl groups is 8. The van der Waals surface area contributed by atoms with E-state index >= 15 is 0 Å². The molecule has 430 valence electrons. The topological polar surface area (TPSA) is 186 Å². The number of hydrogen-bond acceptors (Lipinski definition) is 9. The SMILES string of the molecule is CC1CCc2cc(O)ccc2C1C.CC1Cc2cc(O)ccc2C1C.CCC(C)(C#N)c1ccc(O)c(O)c1.CCC(C)c1ccc(O)c(O)c1.CCC(C)c1ccc(O)c2ccccc12.CCC(C)c1cccc2c(O)cccc12. The molecule has 0 heterocycles. The summed E-state index contributed by atoms with van der Waals surface area (Å²) in [6.45, 7) is 25.8. The zero-order chi connectivity index (χ0) is 59.7. The molecule has 0 saturated heterocycles. The molecule has 0 fully saturated rings. The average Bonchev–Trinajstić information content (AvgIpc) is 3.79. The van der Waals surface area contributed by atoms with Gasteiger partial charge in [0.1, 0.15) is 23.0 Å². The molecule has 8 aromatic carbocycles. The highest BCUT2D eigenvalue weighted by Crippen LogP contribution is 2.40. The highest BCUT2D eigenvalue weighted by molar-refractivity contribution is 5.92. The maximum absolute atomic E-state index is 9.75. The van der Waals surface area contributed by atoms with Gasteiger partial charge in [-0.2, -0.15) is 5.26 Å². The largest absolute Gasteiger partial charge is 0.508 e. The van der Waals surface area contributed by atoms with Crippen LogP contribution in [-0.2, 0) is 18.3 Å². The van der Waals surface area contributed by atoms with Crippen LogP contribution in [0.25, 0.3) is 21.5 Å². The Morgan fingerprint density at radius 3 is 1.49 bits per heavy atom. The van der Waals surface area contributed by atoms with Gasteiger partial charge in [0.2, 0.25) is 0 Å². The van der Waals surface area contributed by atoms with E-state index in [2.05, 4.69) is 106 Å². The lowest BCUT2D eigenvalue weighted by molar-refractivity contribution is 0.401. The minimum atomic E-state index is -0.606. The molecule has 0 bridgehead atoms. The van der Waals surface area contributed by atoms with Gasteiger partial charge in [0.15, 0.2) is 23.0 Å². The molecule has 2 aliphatic rings. The summed E-state index contributed by atoms with van der Waals surface area (Å²) in [4.78, 5) is 0. The van der Waals surface area contributed by atoms with E-state index in [0.29, 0.717) is 59.0 Å². The van der Waals surface area contributed by atoms with Crippen LogP contribution in [0.5, 0.6) is 46.0 Å². The molecule has 8 atom stereocenters. The fraction of sp³-hybridized carbons (Fsp3) is 0.375. The standard InChI is InChI=1S/2C14H16O.C12H16O.C11H13NO2.C11H14O.C10H14O2/c1-3-10(2)11-6-4-8-13-12(11)7-5-9-14(13)15;1-3-10(2)11-8-9-14(15)13-7-5-4-6-12(11)13;1-8-3-4-10-7-11(13)5-6-12(10)9(8)2;1-3-11(2,7-12)8-4-5-9(13)10(14)6-8;1-7-5-9-6-10(12)3-4-11(9)8(7)2;1-3-7(2)8-4-5-9(11)10(12)6-8/h2*4-10,15H,3H2,1-2H3;5-9,13H,3-4H2,1-2H3;4-6,13-14H,3H2,1-2H3;3-4,6-8,12H,5H2,1-2H3;4-7,11-12H,3H2,1-2H3. The van der Waals surface area contributed by atoms with E-state index in [-0.39, 0.29) is 23.0 Å². The van der Waals surface area contributed by atoms with E-state index in [0.717, 1.165) is 65.8 Å². The molecule has 81 heavy (non-hydrogen) atoms. The van der Waals surface area contributed by atoms with Crippen molar-refractivity contribution in [3.63, 3.8) is 0 Å². The van der Waals surface area contributed by atoms with E-state index in [9.17, 15) is 30.6 Å². The van der Waals surface area contributed by atoms with Crippen molar-refractivity contribution in [3.8, 4) is 52.1 Å². The molecule has 9 heteroatoms. The Balaban J connectivity index is 0.000000179. The van der Waals surface area contributed by atoms with Crippen LogP contribution in [0.1, 0.15) is 189 Å². The monoisotopic (exact) mass is 1100 g/mol. The first-order valence-electron chi connectivity index (χ1n) is 29.0. The quantitative estimate of drug-likeness (QED) is 0.0686. The predicted octanol–water partition coefficient (Wildman–Crippen LogP) is 18.8. The van der Waals surface area contributed by atoms with Crippen molar-refractivity contribution in [2.75, 3.05) is 0 Å². The second kappa shape index (κ2) is 29.6. The number of phenols is 8. The van der Waals surface area contributed by atoms with Gasteiger partial charge in [0.25, 0.3) is 0 Å². The number of benzene rings is 8. The summed E-state index contributed by atoms with van der Waals surface area (Å²) < 4.78 is 0. The van der Waals surface area contributed by atoms with Crippen molar-refractivity contribution in [2.24, 2.45) is 11.8 Å². The van der Waals surface area contributed by atoms with Gasteiger partial charge in [-0.3, -0.25) is 0 Å². The predicted molar refractivity (Wildman–Crippen MR) is 334 cm³/mol. The van der Waals surface area contributed by atoms with Crippen molar-refractivity contribution >= 4 is 21.5 Å². The van der Waals surface area contributed by atoms with Crippen LogP contribution in [0.3, 0.4) is 0 Å². The van der Waals surface area contributed by atoms with Crippen molar-refractivity contribution in [1.82, 2.24) is 0 Å². The van der Waals surface area contributed by atoms with Crippen LogP contribution in [0.15, 0.2) is 146 Å². The molecule has 0 saturated carbocycles. The Bertz CT molecular complexity index is 3320. The Morgan fingerprint density at radius 2 is 0.938 bits per heavy atom. The maximum Gasteiger partial charge on any atom is 0.157 e. The molecular weight excluding hydrogens is 1010 g/mol. The van der Waals surface area contributed by atoms with Crippen LogP contribution in [0.2, 0.25) is 0 Å². The molecule has 9 nitrogen and oxygen atoms in total. The van der Waals surface area contributed by atoms with Gasteiger partial charge in [-0.25, -0.2) is 0 Å². The summed E-state index contributed by atoms with van der Waals surface area (Å²) in [5.41, 5.74) is 9.34. The molecule has 0 aliphatic heterocycles. The fourth-order valence-corrected chi connectivity index (χ4v) is 10.5. The highest BCUT2D eigenvalue weighted by Gasteiger charge is 2.27. The summed E-state index contributed by atoms with van der Waals surface area (Å²) in [6, 6.07) is 46.9. The maximum atomic E-state index is 9.75. The minimum Gasteiger partial charge on any atom is -0.508 e. The van der Waals surface area contributed by atoms with Gasteiger partial charge in [0.05, 0.1) is 11.5 Å². The molecule has 0 radical (unpaired) electrons. The van der Waals surface area contributed by atoms with Crippen LogP contribution in [0, 0.1) is 23.2 Å². The van der Waals surface area contributed by atoms with Crippen molar-refractivity contribution < 1.29 is 40.9 Å². The molecule has 0 aromatic heterocycles. The van der Waals surface area contributed by atoms with Crippen molar-refractivity contribution in [2.45, 2.75) is 163 Å². The van der Waals surface area contributed by atoms with E-state index in [1.54, 1.807) is 43.3 Å². The number of aryl methyl sites for hydroxylation is 1. The van der Waals surface area contributed by atoms with Gasteiger partial charge in [-0.05, 0) is 209 Å². The molecule has 2 aliphatic carbocycles. The lowest BCUT2D eigenvalue weighted by Crippen LogP contribution is -2.17. The van der Waals surface area contributed by atoms with Crippen LogP contribution >= 0.6 is 0 Å². The molecule has 10 rings (SSSR count). The number of phenolic OH excluding ortho intramolecular Hbond substituents is 8. The second-order valence-corrected chi connectivity index (χ2v) is 22.7. The molecule has 8 aromatic rings. The third-order valence-electron chi connectivity index (χ3n) is 17.3. The van der Waals surface area contributed by atoms with Gasteiger partial charge in [0, 0.05) is 10.8 Å². The summed E-state index contributed by atoms with van der Waals surface area (Å²) in [7, 11) is 0. The molecule has 8 N–H and O–H groups in total. The molecule has 0 amide bonds. The zero-order valence-electron chi connectivity index (χ0n) is 49.9. The third kappa shape index (κ3) is 16.4. The third-order valence-corrected chi connectivity index (χ3v) is 17.3. The smallest absolute Gasteiger partial charge is 0.157 e. The van der Waals surface area contributed by atoms with E-state index in [1.807, 2.05) is 67.6 Å². The number of rotatable bonds is 8. The minimum absolute atomic E-state index is 0.0344. The first-order valence-corrected chi connectivity index (χ1v) is 29.0. The van der Waals surface area contributed by atoms with Crippen molar-refractivity contribution in [3.05, 3.63) is 190 Å². The highest BCUT2D eigenvalue weighted by atomic mass is 16.3. The van der Waals surface area contributed by atoms with Crippen molar-refractivity contribution in [1.29, 1.82) is 5.26 Å². The number of nitriles is 1. The van der Waals surface area contributed by atoms with E-state index in [4.69, 9.17) is 15.5 Å². The van der Waals surface area contributed by atoms with Gasteiger partial charge < -0.3 is 40.9 Å². The van der Waals surface area contributed by atoms with E-state index < -0.39 is 5.41 Å². The average molecular weight is 1100 g/mol. The lowest BCUT2D eigenvalue weighted by atomic mass is 9.77. The first-order chi connectivity index (χ1) is 38.5. The lowest BCUT2D eigenvalue weighted by Gasteiger charge is -2.28. The summed E-state index contributed by atoms with van der Waals surface area (Å²) in [5, 5.41) is 88.0. The van der Waals surface area contributed by atoms with E-state index in [1.165, 1.54) is 68.8 Å². The van der Waals surface area contributed by atoms with Gasteiger partial charge in [-0.15, -0.1) is 0 Å². The normalized spacial score (nSPS) is 17.5. The number of fused-ring (bicyclic) bond motifs is 4. The first kappa shape index (κ1) is 64.0. The Hall–Kier alpha value is -7.83. The number of hydrogen-bond donors (Lipinski definition) is 8. The Labute approximate surface area is 482 Å². The molecule has 0 spiro atoms. The molecule has 8 unspecified atom stereocenters. The summed E-state index contributed by atoms with van der Waals surface area (Å²) in [6.07, 6.45) is 7.42. The van der Waals surface area contributed by atoms with Gasteiger partial charge in [-0.1, -0.05) is 161 Å². The Morgan fingerprint density at radius 1 is 0.469 bits per heavy atom. The zero-order valence-corrected chi connectivity index (χ0v) is 49.9. The van der Waals surface area contributed by atoms with Crippen LogP contribution in [0.4, 0.5) is 0 Å². The van der Waals surface area contributed by atoms with Gasteiger partial charge >= 0.3 is 0 Å².